The lowest BCUT2D eigenvalue weighted by atomic mass is 9.97. The Morgan fingerprint density at radius 1 is 1.41 bits per heavy atom. The van der Waals surface area contributed by atoms with Crippen molar-refractivity contribution in [1.82, 2.24) is 0 Å². The molecular formula is C13H12N2O2. The van der Waals surface area contributed by atoms with Crippen LogP contribution in [0.4, 0.5) is 0 Å². The lowest BCUT2D eigenvalue weighted by molar-refractivity contribution is 0.173. The fraction of sp³-hybridized carbons (Fsp3) is 0.385. The summed E-state index contributed by atoms with van der Waals surface area (Å²) in [6, 6.07) is 8.14. The number of hydrogen-bond donors (Lipinski definition) is 0. The molecule has 1 atom stereocenters. The smallest absolute Gasteiger partial charge is 0.231 e. The van der Waals surface area contributed by atoms with Crippen LogP contribution in [0.3, 0.4) is 0 Å². The second-order valence-electron chi connectivity index (χ2n) is 4.17. The van der Waals surface area contributed by atoms with Gasteiger partial charge in [0.1, 0.15) is 0 Å². The zero-order valence-corrected chi connectivity index (χ0v) is 9.35. The molecule has 0 saturated carbocycles. The number of hydrogen-bond acceptors (Lipinski definition) is 4. The first-order valence-corrected chi connectivity index (χ1v) is 5.69. The number of nitrogens with zero attached hydrogens (tertiary/aromatic N) is 2. The second-order valence-corrected chi connectivity index (χ2v) is 4.17. The van der Waals surface area contributed by atoms with E-state index in [1.807, 2.05) is 18.2 Å². The molecule has 17 heavy (non-hydrogen) atoms. The van der Waals surface area contributed by atoms with Crippen molar-refractivity contribution < 1.29 is 9.47 Å². The number of ether oxygens (including phenoxy) is 2. The Bertz CT molecular complexity index is 517. The van der Waals surface area contributed by atoms with Gasteiger partial charge in [-0.3, -0.25) is 4.99 Å². The summed E-state index contributed by atoms with van der Waals surface area (Å²) in [4.78, 5) is 4.41. The van der Waals surface area contributed by atoms with Gasteiger partial charge in [-0.05, 0) is 12.5 Å². The third-order valence-corrected chi connectivity index (χ3v) is 3.14. The summed E-state index contributed by atoms with van der Waals surface area (Å²) in [5.74, 6) is 1.56. The molecule has 0 bridgehead atoms. The average Bonchev–Trinajstić information content (AvgIpc) is 2.97. The van der Waals surface area contributed by atoms with Crippen LogP contribution in [0, 0.1) is 17.2 Å². The summed E-state index contributed by atoms with van der Waals surface area (Å²) in [6.45, 7) is 1.04. The number of para-hydroxylation sites is 1. The minimum atomic E-state index is -0.0341. The summed E-state index contributed by atoms with van der Waals surface area (Å²) >= 11 is 0. The summed E-state index contributed by atoms with van der Waals surface area (Å²) in [6.07, 6.45) is 1.53. The summed E-state index contributed by atoms with van der Waals surface area (Å²) in [7, 11) is 0. The fourth-order valence-corrected chi connectivity index (χ4v) is 2.26. The number of nitriles is 1. The van der Waals surface area contributed by atoms with Gasteiger partial charge < -0.3 is 9.47 Å². The number of rotatable bonds is 2. The van der Waals surface area contributed by atoms with Crippen LogP contribution in [0.1, 0.15) is 12.0 Å². The van der Waals surface area contributed by atoms with E-state index in [9.17, 15) is 0 Å². The van der Waals surface area contributed by atoms with Gasteiger partial charge >= 0.3 is 0 Å². The van der Waals surface area contributed by atoms with Gasteiger partial charge in [-0.2, -0.15) is 5.26 Å². The van der Waals surface area contributed by atoms with E-state index in [1.54, 1.807) is 0 Å². The molecule has 4 nitrogen and oxygen atoms in total. The van der Waals surface area contributed by atoms with Gasteiger partial charge in [0.05, 0.1) is 12.0 Å². The first-order chi connectivity index (χ1) is 8.38. The minimum absolute atomic E-state index is 0.0341. The van der Waals surface area contributed by atoms with Gasteiger partial charge in [-0.1, -0.05) is 12.1 Å². The Balaban J connectivity index is 1.87. The van der Waals surface area contributed by atoms with Crippen LogP contribution in [0.25, 0.3) is 0 Å². The molecule has 2 aliphatic rings. The highest BCUT2D eigenvalue weighted by molar-refractivity contribution is 5.92. The maximum atomic E-state index is 9.02. The molecule has 0 spiro atoms. The first-order valence-electron chi connectivity index (χ1n) is 5.69. The average molecular weight is 228 g/mol. The molecule has 0 aliphatic carbocycles. The molecule has 0 radical (unpaired) electrons. The molecule has 1 aromatic carbocycles. The lowest BCUT2D eigenvalue weighted by Gasteiger charge is -2.07. The van der Waals surface area contributed by atoms with Gasteiger partial charge in [-0.15, -0.1) is 0 Å². The van der Waals surface area contributed by atoms with Crippen molar-refractivity contribution in [3.63, 3.8) is 0 Å². The van der Waals surface area contributed by atoms with Gasteiger partial charge in [0.15, 0.2) is 11.5 Å². The number of fused-ring (bicyclic) bond motifs is 1. The third-order valence-electron chi connectivity index (χ3n) is 3.14. The van der Waals surface area contributed by atoms with Gasteiger partial charge in [0, 0.05) is 24.2 Å². The minimum Gasteiger partial charge on any atom is -0.454 e. The molecule has 0 aromatic heterocycles. The Morgan fingerprint density at radius 2 is 2.35 bits per heavy atom. The van der Waals surface area contributed by atoms with Gasteiger partial charge in [0.25, 0.3) is 0 Å². The van der Waals surface area contributed by atoms with Gasteiger partial charge in [-0.25, -0.2) is 0 Å². The molecule has 4 heteroatoms. The molecule has 3 rings (SSSR count). The molecule has 2 heterocycles. The quantitative estimate of drug-likeness (QED) is 0.777. The Kier molecular flexibility index (Phi) is 2.45. The summed E-state index contributed by atoms with van der Waals surface area (Å²) in [5, 5.41) is 9.02. The predicted octanol–water partition coefficient (Wildman–Crippen LogP) is 1.94. The van der Waals surface area contributed by atoms with Crippen LogP contribution >= 0.6 is 0 Å². The highest BCUT2D eigenvalue weighted by Crippen LogP contribution is 2.36. The SMILES string of the molecule is N#CC1CCN=C1Cc1cccc2c1OCO2. The van der Waals surface area contributed by atoms with Crippen LogP contribution < -0.4 is 9.47 Å². The standard InChI is InChI=1S/C13H12N2O2/c14-7-10-4-5-15-11(10)6-9-2-1-3-12-13(9)17-8-16-12/h1-3,10H,4-6,8H2. The normalized spacial score (nSPS) is 21.1. The number of aliphatic imine (C=N–C) groups is 1. The van der Waals surface area contributed by atoms with E-state index < -0.39 is 0 Å². The summed E-state index contributed by atoms with van der Waals surface area (Å²) < 4.78 is 10.8. The highest BCUT2D eigenvalue weighted by Gasteiger charge is 2.24. The van der Waals surface area contributed by atoms with Crippen LogP contribution in [0.15, 0.2) is 23.2 Å². The molecule has 86 valence electrons. The van der Waals surface area contributed by atoms with Crippen molar-refractivity contribution in [2.45, 2.75) is 12.8 Å². The molecule has 2 aliphatic heterocycles. The fourth-order valence-electron chi connectivity index (χ4n) is 2.26. The molecule has 0 saturated heterocycles. The van der Waals surface area contributed by atoms with Gasteiger partial charge in [0.2, 0.25) is 6.79 Å². The van der Waals surface area contributed by atoms with Crippen LogP contribution in [0.2, 0.25) is 0 Å². The molecule has 1 unspecified atom stereocenters. The van der Waals surface area contributed by atoms with E-state index in [1.165, 1.54) is 0 Å². The topological polar surface area (TPSA) is 54.6 Å². The first kappa shape index (κ1) is 10.2. The van der Waals surface area contributed by atoms with E-state index in [-0.39, 0.29) is 12.7 Å². The second kappa shape index (κ2) is 4.10. The molecule has 1 aromatic rings. The molecule has 0 amide bonds. The largest absolute Gasteiger partial charge is 0.454 e. The third kappa shape index (κ3) is 1.74. The molecule has 0 N–H and O–H groups in total. The Hall–Kier alpha value is -2.02. The van der Waals surface area contributed by atoms with E-state index >= 15 is 0 Å². The van der Waals surface area contributed by atoms with Crippen molar-refractivity contribution in [3.05, 3.63) is 23.8 Å². The van der Waals surface area contributed by atoms with E-state index in [0.29, 0.717) is 6.42 Å². The highest BCUT2D eigenvalue weighted by atomic mass is 16.7. The van der Waals surface area contributed by atoms with Crippen LogP contribution in [-0.4, -0.2) is 19.0 Å². The van der Waals surface area contributed by atoms with Crippen molar-refractivity contribution in [2.75, 3.05) is 13.3 Å². The van der Waals surface area contributed by atoms with Crippen LogP contribution in [-0.2, 0) is 6.42 Å². The van der Waals surface area contributed by atoms with Crippen molar-refractivity contribution in [1.29, 1.82) is 5.26 Å². The van der Waals surface area contributed by atoms with Crippen molar-refractivity contribution >= 4 is 5.71 Å². The predicted molar refractivity (Wildman–Crippen MR) is 62.3 cm³/mol. The van der Waals surface area contributed by atoms with E-state index in [0.717, 1.165) is 35.7 Å². The maximum Gasteiger partial charge on any atom is 0.231 e. The monoisotopic (exact) mass is 228 g/mol. The zero-order chi connectivity index (χ0) is 11.7. The zero-order valence-electron chi connectivity index (χ0n) is 9.35. The Morgan fingerprint density at radius 3 is 3.24 bits per heavy atom. The van der Waals surface area contributed by atoms with E-state index in [4.69, 9.17) is 14.7 Å². The number of benzene rings is 1. The maximum absolute atomic E-state index is 9.02. The molecule has 0 fully saturated rings. The van der Waals surface area contributed by atoms with E-state index in [2.05, 4.69) is 11.1 Å². The Labute approximate surface area is 99.5 Å². The summed E-state index contributed by atoms with van der Waals surface area (Å²) in [5.41, 5.74) is 2.03. The van der Waals surface area contributed by atoms with Crippen molar-refractivity contribution in [3.8, 4) is 17.6 Å². The lowest BCUT2D eigenvalue weighted by Crippen LogP contribution is -2.11. The van der Waals surface area contributed by atoms with Crippen LogP contribution in [0.5, 0.6) is 11.5 Å². The molecular weight excluding hydrogens is 216 g/mol. The van der Waals surface area contributed by atoms with Crippen molar-refractivity contribution in [2.24, 2.45) is 10.9 Å².